The van der Waals surface area contributed by atoms with Gasteiger partial charge in [0, 0.05) is 17.9 Å². The van der Waals surface area contributed by atoms with Crippen LogP contribution in [0, 0.1) is 5.92 Å². The molecule has 2 unspecified atom stereocenters. The first-order valence-electron chi connectivity index (χ1n) is 6.21. The van der Waals surface area contributed by atoms with E-state index < -0.39 is 0 Å². The number of hydrogen-bond donors (Lipinski definition) is 0. The van der Waals surface area contributed by atoms with Crippen molar-refractivity contribution in [3.63, 3.8) is 0 Å². The third-order valence-electron chi connectivity index (χ3n) is 3.65. The number of aromatic nitrogens is 3. The minimum Gasteiger partial charge on any atom is -0.335 e. The minimum absolute atomic E-state index is 0.466. The van der Waals surface area contributed by atoms with Gasteiger partial charge < -0.3 is 4.90 Å². The zero-order valence-electron chi connectivity index (χ0n) is 10.3. The van der Waals surface area contributed by atoms with Gasteiger partial charge in [0.15, 0.2) is 0 Å². The van der Waals surface area contributed by atoms with Gasteiger partial charge in [-0.2, -0.15) is 0 Å². The average Bonchev–Trinajstić information content (AvgIpc) is 2.79. The molecule has 0 aliphatic carbocycles. The molecule has 2 aromatic rings. The molecule has 1 fully saturated rings. The summed E-state index contributed by atoms with van der Waals surface area (Å²) in [5, 5.41) is 9.46. The second kappa shape index (κ2) is 4.80. The van der Waals surface area contributed by atoms with E-state index in [0.29, 0.717) is 12.0 Å². The molecule has 0 amide bonds. The maximum absolute atomic E-state index is 4.62. The Labute approximate surface area is 115 Å². The van der Waals surface area contributed by atoms with Crippen molar-refractivity contribution in [2.24, 2.45) is 5.92 Å². The van der Waals surface area contributed by atoms with Gasteiger partial charge in [-0.3, -0.25) is 0 Å². The van der Waals surface area contributed by atoms with Crippen molar-refractivity contribution in [3.05, 3.63) is 24.3 Å². The lowest BCUT2D eigenvalue weighted by Gasteiger charge is -2.24. The maximum Gasteiger partial charge on any atom is 0.246 e. The van der Waals surface area contributed by atoms with Gasteiger partial charge in [-0.05, 0) is 24.5 Å². The molecule has 2 heterocycles. The Morgan fingerprint density at radius 1 is 1.28 bits per heavy atom. The van der Waals surface area contributed by atoms with Gasteiger partial charge in [-0.25, -0.2) is 4.98 Å². The molecular weight excluding hydrogens is 292 g/mol. The van der Waals surface area contributed by atoms with E-state index in [0.717, 1.165) is 28.9 Å². The number of benzene rings is 1. The molecule has 0 N–H and O–H groups in total. The molecule has 0 radical (unpaired) electrons. The summed E-state index contributed by atoms with van der Waals surface area (Å²) >= 11 is 3.59. The van der Waals surface area contributed by atoms with Gasteiger partial charge in [-0.15, -0.1) is 10.2 Å². The maximum atomic E-state index is 4.62. The second-order valence-electron chi connectivity index (χ2n) is 4.78. The van der Waals surface area contributed by atoms with Crippen LogP contribution in [0.1, 0.15) is 13.3 Å². The molecule has 1 aliphatic heterocycles. The van der Waals surface area contributed by atoms with Crippen LogP contribution < -0.4 is 4.90 Å². The molecule has 1 aromatic carbocycles. The van der Waals surface area contributed by atoms with Crippen LogP contribution in [0.25, 0.3) is 11.0 Å². The van der Waals surface area contributed by atoms with E-state index in [1.165, 1.54) is 6.42 Å². The molecule has 0 bridgehead atoms. The Bertz CT molecular complexity index is 559. The van der Waals surface area contributed by atoms with E-state index in [4.69, 9.17) is 0 Å². The van der Waals surface area contributed by atoms with Gasteiger partial charge >= 0.3 is 0 Å². The van der Waals surface area contributed by atoms with E-state index in [9.17, 15) is 0 Å². The van der Waals surface area contributed by atoms with Gasteiger partial charge in [0.1, 0.15) is 5.52 Å². The van der Waals surface area contributed by atoms with Crippen molar-refractivity contribution in [1.29, 1.82) is 0 Å². The lowest BCUT2D eigenvalue weighted by Crippen LogP contribution is -2.34. The fourth-order valence-electron chi connectivity index (χ4n) is 2.49. The highest BCUT2D eigenvalue weighted by atomic mass is 79.9. The van der Waals surface area contributed by atoms with Crippen LogP contribution in [-0.4, -0.2) is 33.1 Å². The molecule has 1 saturated heterocycles. The quantitative estimate of drug-likeness (QED) is 0.800. The lowest BCUT2D eigenvalue weighted by molar-refractivity contribution is 0.550. The minimum atomic E-state index is 0.466. The molecule has 5 heteroatoms. The van der Waals surface area contributed by atoms with Crippen LogP contribution in [0.4, 0.5) is 5.95 Å². The number of para-hydroxylation sites is 1. The summed E-state index contributed by atoms with van der Waals surface area (Å²) in [6.07, 6.45) is 1.19. The van der Waals surface area contributed by atoms with E-state index in [1.807, 2.05) is 24.3 Å². The predicted octanol–water partition coefficient (Wildman–Crippen LogP) is 2.63. The van der Waals surface area contributed by atoms with E-state index >= 15 is 0 Å². The first-order valence-corrected chi connectivity index (χ1v) is 7.34. The molecule has 1 aliphatic rings. The third-order valence-corrected chi connectivity index (χ3v) is 4.31. The Morgan fingerprint density at radius 2 is 2.06 bits per heavy atom. The zero-order valence-corrected chi connectivity index (χ0v) is 11.8. The normalized spacial score (nSPS) is 23.8. The van der Waals surface area contributed by atoms with Crippen molar-refractivity contribution in [2.75, 3.05) is 16.8 Å². The summed E-state index contributed by atoms with van der Waals surface area (Å²) in [5.41, 5.74) is 1.76. The molecule has 18 heavy (non-hydrogen) atoms. The van der Waals surface area contributed by atoms with Gasteiger partial charge in [-0.1, -0.05) is 35.0 Å². The summed E-state index contributed by atoms with van der Waals surface area (Å²) in [7, 11) is 0. The first-order chi connectivity index (χ1) is 8.79. The Hall–Kier alpha value is -1.23. The number of hydrogen-bond acceptors (Lipinski definition) is 4. The number of alkyl halides is 1. The van der Waals surface area contributed by atoms with E-state index in [2.05, 4.69) is 42.9 Å². The average molecular weight is 307 g/mol. The summed E-state index contributed by atoms with van der Waals surface area (Å²) < 4.78 is 0. The molecular formula is C13H15BrN4. The highest BCUT2D eigenvalue weighted by Gasteiger charge is 2.32. The fraction of sp³-hybridized carbons (Fsp3) is 0.462. The third kappa shape index (κ3) is 1.96. The van der Waals surface area contributed by atoms with Crippen LogP contribution in [0.15, 0.2) is 24.3 Å². The topological polar surface area (TPSA) is 41.9 Å². The van der Waals surface area contributed by atoms with Crippen LogP contribution >= 0.6 is 15.9 Å². The Kier molecular flexibility index (Phi) is 3.16. The van der Waals surface area contributed by atoms with Crippen molar-refractivity contribution >= 4 is 32.9 Å². The van der Waals surface area contributed by atoms with Crippen LogP contribution in [-0.2, 0) is 0 Å². The number of rotatable bonds is 2. The molecule has 0 saturated carbocycles. The summed E-state index contributed by atoms with van der Waals surface area (Å²) in [6, 6.07) is 8.32. The Balaban J connectivity index is 1.99. The predicted molar refractivity (Wildman–Crippen MR) is 76.0 cm³/mol. The molecule has 3 rings (SSSR count). The van der Waals surface area contributed by atoms with Crippen molar-refractivity contribution in [1.82, 2.24) is 15.2 Å². The van der Waals surface area contributed by atoms with E-state index in [1.54, 1.807) is 0 Å². The highest BCUT2D eigenvalue weighted by molar-refractivity contribution is 9.09. The van der Waals surface area contributed by atoms with Gasteiger partial charge in [0.05, 0.1) is 5.52 Å². The molecule has 4 nitrogen and oxygen atoms in total. The van der Waals surface area contributed by atoms with Crippen molar-refractivity contribution in [2.45, 2.75) is 19.4 Å². The zero-order chi connectivity index (χ0) is 12.5. The van der Waals surface area contributed by atoms with Crippen LogP contribution in [0.5, 0.6) is 0 Å². The van der Waals surface area contributed by atoms with E-state index in [-0.39, 0.29) is 0 Å². The van der Waals surface area contributed by atoms with Gasteiger partial charge in [0.2, 0.25) is 5.95 Å². The molecule has 0 spiro atoms. The standard InChI is InChI=1S/C13H15BrN4/c1-9-6-7-18(12(9)8-14)13-15-10-4-2-3-5-11(10)16-17-13/h2-5,9,12H,6-8H2,1H3. The van der Waals surface area contributed by atoms with Gasteiger partial charge in [0.25, 0.3) is 0 Å². The molecule has 2 atom stereocenters. The lowest BCUT2D eigenvalue weighted by atomic mass is 10.1. The van der Waals surface area contributed by atoms with Crippen LogP contribution in [0.2, 0.25) is 0 Å². The largest absolute Gasteiger partial charge is 0.335 e. The first kappa shape index (κ1) is 11.8. The highest BCUT2D eigenvalue weighted by Crippen LogP contribution is 2.28. The SMILES string of the molecule is CC1CCN(c2nnc3ccccc3n2)C1CBr. The number of anilines is 1. The summed E-state index contributed by atoms with van der Waals surface area (Å²) in [5.74, 6) is 1.42. The smallest absolute Gasteiger partial charge is 0.246 e. The summed E-state index contributed by atoms with van der Waals surface area (Å²) in [6.45, 7) is 3.29. The molecule has 94 valence electrons. The molecule has 1 aromatic heterocycles. The second-order valence-corrected chi connectivity index (χ2v) is 5.43. The Morgan fingerprint density at radius 3 is 2.83 bits per heavy atom. The number of halogens is 1. The van der Waals surface area contributed by atoms with Crippen molar-refractivity contribution in [3.8, 4) is 0 Å². The monoisotopic (exact) mass is 306 g/mol. The fourth-order valence-corrected chi connectivity index (χ4v) is 3.47. The van der Waals surface area contributed by atoms with Crippen LogP contribution in [0.3, 0.4) is 0 Å². The van der Waals surface area contributed by atoms with Crippen molar-refractivity contribution < 1.29 is 0 Å². The number of fused-ring (bicyclic) bond motifs is 1. The summed E-state index contributed by atoms with van der Waals surface area (Å²) in [4.78, 5) is 6.88. The number of nitrogens with zero attached hydrogens (tertiary/aromatic N) is 4.